The van der Waals surface area contributed by atoms with Crippen LogP contribution in [-0.4, -0.2) is 74.1 Å². The van der Waals surface area contributed by atoms with Gasteiger partial charge in [0.1, 0.15) is 0 Å². The summed E-state index contributed by atoms with van der Waals surface area (Å²) in [7, 11) is -0.392. The lowest BCUT2D eigenvalue weighted by atomic mass is 9.91. The molecule has 0 saturated carbocycles. The maximum absolute atomic E-state index is 13.1. The van der Waals surface area contributed by atoms with Gasteiger partial charge in [-0.3, -0.25) is 9.59 Å². The lowest BCUT2D eigenvalue weighted by Gasteiger charge is -2.39. The predicted molar refractivity (Wildman–Crippen MR) is 102 cm³/mol. The summed E-state index contributed by atoms with van der Waals surface area (Å²) < 4.78 is 27.5. The standard InChI is InChI=1S/C19H27N3O4S/c1-13(2)14-5-7-15(8-6-14)27(25,26)22-10-9-17-16(11-22)19(24)20(3)12-18(23)21(17)4/h5-8,13,16-17H,9-12H2,1-4H3. The Morgan fingerprint density at radius 3 is 2.30 bits per heavy atom. The first-order valence-corrected chi connectivity index (χ1v) is 10.7. The number of benzene rings is 1. The molecule has 2 aliphatic heterocycles. The smallest absolute Gasteiger partial charge is 0.243 e. The Morgan fingerprint density at radius 1 is 1.07 bits per heavy atom. The van der Waals surface area contributed by atoms with Crippen LogP contribution >= 0.6 is 0 Å². The summed E-state index contributed by atoms with van der Waals surface area (Å²) in [6, 6.07) is 6.67. The zero-order chi connectivity index (χ0) is 19.9. The van der Waals surface area contributed by atoms with E-state index >= 15 is 0 Å². The lowest BCUT2D eigenvalue weighted by molar-refractivity contribution is -0.136. The zero-order valence-corrected chi connectivity index (χ0v) is 17.1. The number of hydrogen-bond acceptors (Lipinski definition) is 4. The molecule has 27 heavy (non-hydrogen) atoms. The van der Waals surface area contributed by atoms with Crippen molar-refractivity contribution in [1.82, 2.24) is 14.1 Å². The van der Waals surface area contributed by atoms with Gasteiger partial charge in [-0.2, -0.15) is 4.31 Å². The molecule has 2 fully saturated rings. The van der Waals surface area contributed by atoms with Gasteiger partial charge in [-0.15, -0.1) is 0 Å². The summed E-state index contributed by atoms with van der Waals surface area (Å²) in [5.74, 6) is -0.499. The molecule has 2 saturated heterocycles. The molecule has 8 heteroatoms. The van der Waals surface area contributed by atoms with Gasteiger partial charge in [0.05, 0.1) is 17.4 Å². The number of hydrogen-bond donors (Lipinski definition) is 0. The van der Waals surface area contributed by atoms with Crippen LogP contribution in [0.4, 0.5) is 0 Å². The van der Waals surface area contributed by atoms with E-state index in [-0.39, 0.29) is 35.8 Å². The second-order valence-electron chi connectivity index (χ2n) is 7.75. The molecular formula is C19H27N3O4S. The summed E-state index contributed by atoms with van der Waals surface area (Å²) in [5, 5.41) is 0. The van der Waals surface area contributed by atoms with Gasteiger partial charge in [-0.05, 0) is 30.0 Å². The fourth-order valence-electron chi connectivity index (χ4n) is 3.87. The highest BCUT2D eigenvalue weighted by Gasteiger charge is 2.45. The third kappa shape index (κ3) is 3.60. The third-order valence-electron chi connectivity index (χ3n) is 5.68. The quantitative estimate of drug-likeness (QED) is 0.771. The molecular weight excluding hydrogens is 366 g/mol. The number of fused-ring (bicyclic) bond motifs is 1. The summed E-state index contributed by atoms with van der Waals surface area (Å²) in [6.45, 7) is 4.54. The van der Waals surface area contributed by atoms with Crippen molar-refractivity contribution in [3.63, 3.8) is 0 Å². The number of nitrogens with zero attached hydrogens (tertiary/aromatic N) is 3. The molecule has 2 heterocycles. The van der Waals surface area contributed by atoms with Crippen molar-refractivity contribution < 1.29 is 18.0 Å². The first kappa shape index (κ1) is 19.8. The molecule has 148 valence electrons. The van der Waals surface area contributed by atoms with Gasteiger partial charge in [-0.25, -0.2) is 8.42 Å². The molecule has 0 spiro atoms. The maximum atomic E-state index is 13.1. The fourth-order valence-corrected chi connectivity index (χ4v) is 5.35. The van der Waals surface area contributed by atoms with E-state index in [0.29, 0.717) is 18.9 Å². The normalized spacial score (nSPS) is 24.9. The van der Waals surface area contributed by atoms with Crippen molar-refractivity contribution in [1.29, 1.82) is 0 Å². The predicted octanol–water partition coefficient (Wildman–Crippen LogP) is 1.12. The highest BCUT2D eigenvalue weighted by molar-refractivity contribution is 7.89. The molecule has 7 nitrogen and oxygen atoms in total. The van der Waals surface area contributed by atoms with Gasteiger partial charge < -0.3 is 9.80 Å². The minimum atomic E-state index is -3.68. The average Bonchev–Trinajstić information content (AvgIpc) is 2.72. The topological polar surface area (TPSA) is 78.0 Å². The minimum absolute atomic E-state index is 0.0335. The van der Waals surface area contributed by atoms with Crippen molar-refractivity contribution in [2.45, 2.75) is 37.1 Å². The molecule has 0 N–H and O–H groups in total. The summed E-state index contributed by atoms with van der Waals surface area (Å²) in [5.41, 5.74) is 1.08. The van der Waals surface area contributed by atoms with Crippen LogP contribution in [0.2, 0.25) is 0 Å². The highest BCUT2D eigenvalue weighted by Crippen LogP contribution is 2.30. The monoisotopic (exact) mass is 393 g/mol. The van der Waals surface area contributed by atoms with Gasteiger partial charge in [0, 0.05) is 33.2 Å². The minimum Gasteiger partial charge on any atom is -0.340 e. The fraction of sp³-hybridized carbons (Fsp3) is 0.579. The molecule has 0 aliphatic carbocycles. The molecule has 0 aromatic heterocycles. The second-order valence-corrected chi connectivity index (χ2v) is 9.69. The Morgan fingerprint density at radius 2 is 1.70 bits per heavy atom. The summed E-state index contributed by atoms with van der Waals surface area (Å²) >= 11 is 0. The number of rotatable bonds is 3. The molecule has 3 rings (SSSR count). The van der Waals surface area contributed by atoms with E-state index in [1.165, 1.54) is 9.21 Å². The first-order chi connectivity index (χ1) is 12.6. The lowest BCUT2D eigenvalue weighted by Crippen LogP contribution is -2.54. The van der Waals surface area contributed by atoms with Gasteiger partial charge in [0.15, 0.2) is 0 Å². The van der Waals surface area contributed by atoms with Crippen LogP contribution in [0.15, 0.2) is 29.2 Å². The van der Waals surface area contributed by atoms with E-state index in [1.54, 1.807) is 31.1 Å². The van der Waals surface area contributed by atoms with Crippen LogP contribution in [0.3, 0.4) is 0 Å². The molecule has 1 aromatic rings. The van der Waals surface area contributed by atoms with E-state index in [1.807, 2.05) is 12.1 Å². The van der Waals surface area contributed by atoms with E-state index < -0.39 is 15.9 Å². The Labute approximate surface area is 161 Å². The van der Waals surface area contributed by atoms with Crippen LogP contribution in [0.1, 0.15) is 31.7 Å². The molecule has 2 aliphatic rings. The van der Waals surface area contributed by atoms with Crippen molar-refractivity contribution in [2.24, 2.45) is 5.92 Å². The Hall–Kier alpha value is -1.93. The van der Waals surface area contributed by atoms with Crippen LogP contribution in [0, 0.1) is 5.92 Å². The maximum Gasteiger partial charge on any atom is 0.243 e. The number of carbonyl (C=O) groups is 2. The molecule has 1 aromatic carbocycles. The average molecular weight is 394 g/mol. The number of likely N-dealkylation sites (N-methyl/N-ethyl adjacent to an activating group) is 2. The number of sulfonamides is 1. The number of amides is 2. The molecule has 2 atom stereocenters. The Kier molecular flexibility index (Phi) is 5.31. The van der Waals surface area contributed by atoms with Crippen molar-refractivity contribution in [3.8, 4) is 0 Å². The Bertz CT molecular complexity index is 835. The van der Waals surface area contributed by atoms with Crippen LogP contribution in [-0.2, 0) is 19.6 Å². The van der Waals surface area contributed by atoms with Gasteiger partial charge >= 0.3 is 0 Å². The van der Waals surface area contributed by atoms with Crippen LogP contribution in [0.25, 0.3) is 0 Å². The van der Waals surface area contributed by atoms with Crippen molar-refractivity contribution >= 4 is 21.8 Å². The first-order valence-electron chi connectivity index (χ1n) is 9.23. The third-order valence-corrected chi connectivity index (χ3v) is 7.56. The largest absolute Gasteiger partial charge is 0.340 e. The SMILES string of the molecule is CC(C)c1ccc(S(=O)(=O)N2CCC3C(C2)C(=O)N(C)CC(=O)N3C)cc1. The zero-order valence-electron chi connectivity index (χ0n) is 16.3. The van der Waals surface area contributed by atoms with Gasteiger partial charge in [0.2, 0.25) is 21.8 Å². The summed E-state index contributed by atoms with van der Waals surface area (Å²) in [6.07, 6.45) is 0.454. The van der Waals surface area contributed by atoms with Crippen molar-refractivity contribution in [2.75, 3.05) is 33.7 Å². The summed E-state index contributed by atoms with van der Waals surface area (Å²) in [4.78, 5) is 28.2. The number of piperidine rings is 1. The van der Waals surface area contributed by atoms with E-state index in [2.05, 4.69) is 13.8 Å². The number of carbonyl (C=O) groups excluding carboxylic acids is 2. The molecule has 2 amide bonds. The molecule has 0 radical (unpaired) electrons. The molecule has 0 bridgehead atoms. The van der Waals surface area contributed by atoms with E-state index in [4.69, 9.17) is 0 Å². The van der Waals surface area contributed by atoms with Gasteiger partial charge in [0.25, 0.3) is 0 Å². The second kappa shape index (κ2) is 7.24. The van der Waals surface area contributed by atoms with Gasteiger partial charge in [-0.1, -0.05) is 26.0 Å². The van der Waals surface area contributed by atoms with E-state index in [0.717, 1.165) is 5.56 Å². The van der Waals surface area contributed by atoms with Crippen LogP contribution < -0.4 is 0 Å². The van der Waals surface area contributed by atoms with E-state index in [9.17, 15) is 18.0 Å². The van der Waals surface area contributed by atoms with Crippen molar-refractivity contribution in [3.05, 3.63) is 29.8 Å². The Balaban J connectivity index is 1.86. The van der Waals surface area contributed by atoms with Crippen LogP contribution in [0.5, 0.6) is 0 Å². The molecule has 2 unspecified atom stereocenters. The highest BCUT2D eigenvalue weighted by atomic mass is 32.2.